The van der Waals surface area contributed by atoms with Crippen molar-refractivity contribution in [3.8, 4) is 0 Å². The predicted molar refractivity (Wildman–Crippen MR) is 70.5 cm³/mol. The summed E-state index contributed by atoms with van der Waals surface area (Å²) < 4.78 is 5.01. The highest BCUT2D eigenvalue weighted by molar-refractivity contribution is 5.75. The van der Waals surface area contributed by atoms with Crippen molar-refractivity contribution in [2.75, 3.05) is 5.73 Å². The third-order valence-corrected chi connectivity index (χ3v) is 2.78. The van der Waals surface area contributed by atoms with Crippen LogP contribution in [-0.4, -0.2) is 5.16 Å². The Bertz CT molecular complexity index is 568. The van der Waals surface area contributed by atoms with Crippen molar-refractivity contribution >= 4 is 17.8 Å². The van der Waals surface area contributed by atoms with Crippen LogP contribution in [0.5, 0.6) is 0 Å². The smallest absolute Gasteiger partial charge is 0.157 e. The second-order valence-electron chi connectivity index (χ2n) is 4.23. The van der Waals surface area contributed by atoms with Gasteiger partial charge in [-0.2, -0.15) is 0 Å². The average molecular weight is 228 g/mol. The topological polar surface area (TPSA) is 52.0 Å². The van der Waals surface area contributed by atoms with Crippen LogP contribution in [0.1, 0.15) is 28.1 Å². The first kappa shape index (κ1) is 11.5. The predicted octanol–water partition coefficient (Wildman–Crippen LogP) is 3.35. The van der Waals surface area contributed by atoms with Gasteiger partial charge in [0, 0.05) is 0 Å². The molecule has 3 nitrogen and oxygen atoms in total. The van der Waals surface area contributed by atoms with E-state index in [0.29, 0.717) is 17.1 Å². The van der Waals surface area contributed by atoms with E-state index in [-0.39, 0.29) is 0 Å². The van der Waals surface area contributed by atoms with Crippen LogP contribution in [0.25, 0.3) is 12.2 Å². The first-order valence-electron chi connectivity index (χ1n) is 5.55. The summed E-state index contributed by atoms with van der Waals surface area (Å²) in [5.74, 6) is 0.658. The monoisotopic (exact) mass is 228 g/mol. The SMILES string of the molecule is Cc1ccc(C=Cc2noc(C)c2N)c(C)c1. The van der Waals surface area contributed by atoms with Gasteiger partial charge in [-0.15, -0.1) is 0 Å². The Hall–Kier alpha value is -2.03. The molecule has 0 bridgehead atoms. The number of nitrogens with two attached hydrogens (primary N) is 1. The summed E-state index contributed by atoms with van der Waals surface area (Å²) in [6, 6.07) is 6.32. The lowest BCUT2D eigenvalue weighted by Gasteiger charge is -2.01. The lowest BCUT2D eigenvalue weighted by molar-refractivity contribution is 0.397. The number of aromatic nitrogens is 1. The first-order chi connectivity index (χ1) is 8.08. The Morgan fingerprint density at radius 3 is 2.53 bits per heavy atom. The molecule has 0 atom stereocenters. The molecule has 0 saturated carbocycles. The number of aryl methyl sites for hydroxylation is 3. The minimum atomic E-state index is 0.603. The summed E-state index contributed by atoms with van der Waals surface area (Å²) in [5.41, 5.74) is 10.8. The molecule has 0 spiro atoms. The van der Waals surface area contributed by atoms with E-state index in [4.69, 9.17) is 10.3 Å². The molecule has 0 aliphatic carbocycles. The molecule has 0 fully saturated rings. The maximum Gasteiger partial charge on any atom is 0.157 e. The second-order valence-corrected chi connectivity index (χ2v) is 4.23. The average Bonchev–Trinajstić information content (AvgIpc) is 2.59. The third kappa shape index (κ3) is 2.38. The van der Waals surface area contributed by atoms with Gasteiger partial charge >= 0.3 is 0 Å². The lowest BCUT2D eigenvalue weighted by Crippen LogP contribution is -1.87. The van der Waals surface area contributed by atoms with Gasteiger partial charge in [0.2, 0.25) is 0 Å². The molecule has 1 aromatic carbocycles. The van der Waals surface area contributed by atoms with Crippen LogP contribution in [-0.2, 0) is 0 Å². The van der Waals surface area contributed by atoms with Gasteiger partial charge in [0.1, 0.15) is 11.4 Å². The van der Waals surface area contributed by atoms with Gasteiger partial charge in [-0.1, -0.05) is 35.0 Å². The van der Waals surface area contributed by atoms with Crippen molar-refractivity contribution in [3.05, 3.63) is 46.3 Å². The summed E-state index contributed by atoms with van der Waals surface area (Å²) in [5, 5.41) is 3.89. The third-order valence-electron chi connectivity index (χ3n) is 2.78. The Kier molecular flexibility index (Phi) is 3.00. The van der Waals surface area contributed by atoms with Crippen molar-refractivity contribution in [2.24, 2.45) is 0 Å². The van der Waals surface area contributed by atoms with E-state index in [0.717, 1.165) is 5.56 Å². The summed E-state index contributed by atoms with van der Waals surface area (Å²) >= 11 is 0. The van der Waals surface area contributed by atoms with Crippen LogP contribution < -0.4 is 5.73 Å². The zero-order valence-corrected chi connectivity index (χ0v) is 10.3. The van der Waals surface area contributed by atoms with Crippen LogP contribution in [0.3, 0.4) is 0 Å². The van der Waals surface area contributed by atoms with Crippen molar-refractivity contribution in [3.63, 3.8) is 0 Å². The van der Waals surface area contributed by atoms with E-state index in [9.17, 15) is 0 Å². The molecular weight excluding hydrogens is 212 g/mol. The molecule has 1 heterocycles. The van der Waals surface area contributed by atoms with E-state index in [1.54, 1.807) is 6.92 Å². The Morgan fingerprint density at radius 1 is 1.18 bits per heavy atom. The zero-order chi connectivity index (χ0) is 12.4. The van der Waals surface area contributed by atoms with Gasteiger partial charge in [-0.3, -0.25) is 0 Å². The standard InChI is InChI=1S/C14H16N2O/c1-9-4-5-12(10(2)8-9)6-7-13-14(15)11(3)17-16-13/h4-8H,15H2,1-3H3. The van der Waals surface area contributed by atoms with Crippen molar-refractivity contribution in [1.82, 2.24) is 5.16 Å². The van der Waals surface area contributed by atoms with Gasteiger partial charge in [0.05, 0.1) is 0 Å². The minimum absolute atomic E-state index is 0.603. The van der Waals surface area contributed by atoms with Gasteiger partial charge in [-0.05, 0) is 38.0 Å². The molecule has 0 radical (unpaired) electrons. The molecule has 0 unspecified atom stereocenters. The number of anilines is 1. The fraction of sp³-hybridized carbons (Fsp3) is 0.214. The Morgan fingerprint density at radius 2 is 1.94 bits per heavy atom. The van der Waals surface area contributed by atoms with Crippen LogP contribution >= 0.6 is 0 Å². The molecule has 1 aromatic heterocycles. The normalized spacial score (nSPS) is 11.2. The van der Waals surface area contributed by atoms with E-state index in [1.165, 1.54) is 11.1 Å². The summed E-state index contributed by atoms with van der Waals surface area (Å²) in [7, 11) is 0. The number of hydrogen-bond acceptors (Lipinski definition) is 3. The van der Waals surface area contributed by atoms with Crippen LogP contribution in [0.15, 0.2) is 22.7 Å². The second kappa shape index (κ2) is 4.45. The molecule has 88 valence electrons. The maximum absolute atomic E-state index is 5.82. The van der Waals surface area contributed by atoms with Crippen molar-refractivity contribution in [1.29, 1.82) is 0 Å². The van der Waals surface area contributed by atoms with E-state index >= 15 is 0 Å². The molecule has 2 rings (SSSR count). The molecule has 2 aromatic rings. The highest BCUT2D eigenvalue weighted by Gasteiger charge is 2.05. The van der Waals surface area contributed by atoms with Gasteiger partial charge in [0.25, 0.3) is 0 Å². The fourth-order valence-electron chi connectivity index (χ4n) is 1.70. The van der Waals surface area contributed by atoms with Crippen molar-refractivity contribution < 1.29 is 4.52 Å². The Balaban J connectivity index is 2.29. The molecule has 0 saturated heterocycles. The first-order valence-corrected chi connectivity index (χ1v) is 5.55. The molecule has 0 aliphatic rings. The molecule has 0 aliphatic heterocycles. The maximum atomic E-state index is 5.82. The number of benzene rings is 1. The molecule has 17 heavy (non-hydrogen) atoms. The number of rotatable bonds is 2. The van der Waals surface area contributed by atoms with Crippen LogP contribution in [0.2, 0.25) is 0 Å². The summed E-state index contributed by atoms with van der Waals surface area (Å²) in [6.07, 6.45) is 3.88. The molecular formula is C14H16N2O. The summed E-state index contributed by atoms with van der Waals surface area (Å²) in [6.45, 7) is 5.97. The van der Waals surface area contributed by atoms with Gasteiger partial charge < -0.3 is 10.3 Å². The van der Waals surface area contributed by atoms with Gasteiger partial charge in [0.15, 0.2) is 5.76 Å². The van der Waals surface area contributed by atoms with Crippen LogP contribution in [0.4, 0.5) is 5.69 Å². The Labute approximate surface area is 101 Å². The molecule has 2 N–H and O–H groups in total. The van der Waals surface area contributed by atoms with Crippen LogP contribution in [0, 0.1) is 20.8 Å². The van der Waals surface area contributed by atoms with Gasteiger partial charge in [-0.25, -0.2) is 0 Å². The van der Waals surface area contributed by atoms with Crippen molar-refractivity contribution in [2.45, 2.75) is 20.8 Å². The largest absolute Gasteiger partial charge is 0.394 e. The number of nitrogen functional groups attached to an aromatic ring is 1. The summed E-state index contributed by atoms with van der Waals surface area (Å²) in [4.78, 5) is 0. The number of nitrogens with zero attached hydrogens (tertiary/aromatic N) is 1. The minimum Gasteiger partial charge on any atom is -0.394 e. The molecule has 0 amide bonds. The zero-order valence-electron chi connectivity index (χ0n) is 10.3. The fourth-order valence-corrected chi connectivity index (χ4v) is 1.70. The lowest BCUT2D eigenvalue weighted by atomic mass is 10.1. The van der Waals surface area contributed by atoms with E-state index in [2.05, 4.69) is 37.2 Å². The highest BCUT2D eigenvalue weighted by Crippen LogP contribution is 2.19. The molecule has 3 heteroatoms. The number of hydrogen-bond donors (Lipinski definition) is 1. The highest BCUT2D eigenvalue weighted by atomic mass is 16.5. The van der Waals surface area contributed by atoms with E-state index < -0.39 is 0 Å². The van der Waals surface area contributed by atoms with E-state index in [1.807, 2.05) is 12.2 Å². The quantitative estimate of drug-likeness (QED) is 0.857.